The molecule has 0 aromatic heterocycles. The highest BCUT2D eigenvalue weighted by atomic mass is 16.3. The number of Topliss-reactive ketones (excluding diaryl/α,β-unsaturated/α-hetero) is 1. The number of aldehydes is 1. The average molecular weight is 234 g/mol. The maximum Gasteiger partial charge on any atom is 0.150 e. The Bertz CT molecular complexity index is 423. The quantitative estimate of drug-likeness (QED) is 0.792. The molecule has 0 saturated carbocycles. The molecule has 0 fully saturated rings. The Kier molecular flexibility index (Phi) is 4.58. The summed E-state index contributed by atoms with van der Waals surface area (Å²) in [6.07, 6.45) is 0.572. The van der Waals surface area contributed by atoms with Crippen molar-refractivity contribution in [1.29, 1.82) is 0 Å². The molecule has 1 aromatic rings. The predicted octanol–water partition coefficient (Wildman–Crippen LogP) is 1.94. The number of carbonyl (C=O) groups excluding carboxylic acids is 2. The molecule has 0 bridgehead atoms. The zero-order valence-corrected chi connectivity index (χ0v) is 10.4. The Balaban J connectivity index is 2.78. The highest BCUT2D eigenvalue weighted by molar-refractivity contribution is 5.78. The van der Waals surface area contributed by atoms with Crippen LogP contribution in [0.25, 0.3) is 0 Å². The summed E-state index contributed by atoms with van der Waals surface area (Å²) in [7, 11) is 0. The second-order valence-electron chi connectivity index (χ2n) is 4.48. The van der Waals surface area contributed by atoms with Gasteiger partial charge in [0.1, 0.15) is 12.1 Å². The van der Waals surface area contributed by atoms with Gasteiger partial charge in [0.15, 0.2) is 0 Å². The first-order valence-corrected chi connectivity index (χ1v) is 5.69. The summed E-state index contributed by atoms with van der Waals surface area (Å²) in [6.45, 7) is 5.06. The first-order chi connectivity index (χ1) is 7.95. The van der Waals surface area contributed by atoms with Crippen LogP contribution in [0.5, 0.6) is 0 Å². The van der Waals surface area contributed by atoms with E-state index in [9.17, 15) is 14.7 Å². The SMILES string of the molecule is CC(=O)[C@@H](C)C(O)Cc1ccc(C=O)c(C)c1. The molecule has 17 heavy (non-hydrogen) atoms. The molecule has 0 aliphatic carbocycles. The van der Waals surface area contributed by atoms with Crippen LogP contribution >= 0.6 is 0 Å². The molecule has 0 radical (unpaired) electrons. The van der Waals surface area contributed by atoms with Crippen molar-refractivity contribution in [1.82, 2.24) is 0 Å². The van der Waals surface area contributed by atoms with E-state index >= 15 is 0 Å². The fourth-order valence-corrected chi connectivity index (χ4v) is 1.69. The fraction of sp³-hybridized carbons (Fsp3) is 0.429. The van der Waals surface area contributed by atoms with Gasteiger partial charge in [0.25, 0.3) is 0 Å². The fourth-order valence-electron chi connectivity index (χ4n) is 1.69. The van der Waals surface area contributed by atoms with E-state index in [0.29, 0.717) is 12.0 Å². The maximum absolute atomic E-state index is 11.1. The predicted molar refractivity (Wildman–Crippen MR) is 66.1 cm³/mol. The molecule has 1 unspecified atom stereocenters. The van der Waals surface area contributed by atoms with E-state index in [1.165, 1.54) is 6.92 Å². The van der Waals surface area contributed by atoms with Gasteiger partial charge in [-0.05, 0) is 31.4 Å². The van der Waals surface area contributed by atoms with Crippen LogP contribution in [0, 0.1) is 12.8 Å². The third-order valence-corrected chi connectivity index (χ3v) is 3.12. The summed E-state index contributed by atoms with van der Waals surface area (Å²) in [4.78, 5) is 21.8. The lowest BCUT2D eigenvalue weighted by molar-refractivity contribution is -0.123. The van der Waals surface area contributed by atoms with Crippen LogP contribution in [-0.4, -0.2) is 23.3 Å². The zero-order valence-electron chi connectivity index (χ0n) is 10.4. The van der Waals surface area contributed by atoms with Crippen molar-refractivity contribution in [2.75, 3.05) is 0 Å². The summed E-state index contributed by atoms with van der Waals surface area (Å²) in [6, 6.07) is 5.43. The average Bonchev–Trinajstić information content (AvgIpc) is 2.28. The number of aliphatic hydroxyl groups is 1. The Morgan fingerprint density at radius 2 is 2.12 bits per heavy atom. The summed E-state index contributed by atoms with van der Waals surface area (Å²) in [5.74, 6) is -0.375. The largest absolute Gasteiger partial charge is 0.392 e. The van der Waals surface area contributed by atoms with Crippen molar-refractivity contribution < 1.29 is 14.7 Å². The number of ketones is 1. The lowest BCUT2D eigenvalue weighted by atomic mass is 9.93. The van der Waals surface area contributed by atoms with Crippen LogP contribution in [0.2, 0.25) is 0 Å². The molecule has 0 saturated heterocycles. The van der Waals surface area contributed by atoms with Crippen LogP contribution in [0.15, 0.2) is 18.2 Å². The van der Waals surface area contributed by atoms with Crippen molar-refractivity contribution in [2.24, 2.45) is 5.92 Å². The van der Waals surface area contributed by atoms with Gasteiger partial charge in [-0.2, -0.15) is 0 Å². The van der Waals surface area contributed by atoms with Crippen LogP contribution in [-0.2, 0) is 11.2 Å². The van der Waals surface area contributed by atoms with E-state index in [-0.39, 0.29) is 11.7 Å². The summed E-state index contributed by atoms with van der Waals surface area (Å²) >= 11 is 0. The van der Waals surface area contributed by atoms with Crippen LogP contribution in [0.3, 0.4) is 0 Å². The minimum atomic E-state index is -0.672. The van der Waals surface area contributed by atoms with Crippen molar-refractivity contribution in [3.63, 3.8) is 0 Å². The molecule has 0 aliphatic heterocycles. The molecule has 0 heterocycles. The van der Waals surface area contributed by atoms with E-state index in [2.05, 4.69) is 0 Å². The van der Waals surface area contributed by atoms with Gasteiger partial charge in [0.05, 0.1) is 6.10 Å². The lowest BCUT2D eigenvalue weighted by Gasteiger charge is -2.16. The molecule has 0 amide bonds. The Morgan fingerprint density at radius 1 is 1.47 bits per heavy atom. The molecular weight excluding hydrogens is 216 g/mol. The lowest BCUT2D eigenvalue weighted by Crippen LogP contribution is -2.25. The minimum Gasteiger partial charge on any atom is -0.392 e. The Morgan fingerprint density at radius 3 is 2.59 bits per heavy atom. The normalized spacial score (nSPS) is 14.1. The van der Waals surface area contributed by atoms with Gasteiger partial charge >= 0.3 is 0 Å². The Labute approximate surface area is 101 Å². The Hall–Kier alpha value is -1.48. The summed E-state index contributed by atoms with van der Waals surface area (Å²) in [5.41, 5.74) is 2.48. The van der Waals surface area contributed by atoms with E-state index in [4.69, 9.17) is 0 Å². The third-order valence-electron chi connectivity index (χ3n) is 3.12. The summed E-state index contributed by atoms with van der Waals surface area (Å²) in [5, 5.41) is 9.87. The standard InChI is InChI=1S/C14H18O3/c1-9-6-12(4-5-13(9)8-15)7-14(17)10(2)11(3)16/h4-6,8,10,14,17H,7H2,1-3H3/t10-,14?/m1/s1. The number of carbonyl (C=O) groups is 2. The van der Waals surface area contributed by atoms with Crippen molar-refractivity contribution in [3.05, 3.63) is 34.9 Å². The second kappa shape index (κ2) is 5.73. The molecule has 1 aromatic carbocycles. The molecule has 3 nitrogen and oxygen atoms in total. The molecule has 1 N–H and O–H groups in total. The van der Waals surface area contributed by atoms with Gasteiger partial charge in [-0.1, -0.05) is 25.1 Å². The van der Waals surface area contributed by atoms with Gasteiger partial charge < -0.3 is 5.11 Å². The molecule has 3 heteroatoms. The first-order valence-electron chi connectivity index (χ1n) is 5.69. The van der Waals surface area contributed by atoms with Crippen LogP contribution in [0.1, 0.15) is 35.3 Å². The minimum absolute atomic E-state index is 0.0151. The number of aryl methyl sites for hydroxylation is 1. The summed E-state index contributed by atoms with van der Waals surface area (Å²) < 4.78 is 0. The van der Waals surface area contributed by atoms with Gasteiger partial charge in [-0.3, -0.25) is 9.59 Å². The van der Waals surface area contributed by atoms with Gasteiger partial charge in [0.2, 0.25) is 0 Å². The highest BCUT2D eigenvalue weighted by Gasteiger charge is 2.18. The van der Waals surface area contributed by atoms with Crippen LogP contribution < -0.4 is 0 Å². The van der Waals surface area contributed by atoms with Gasteiger partial charge in [-0.25, -0.2) is 0 Å². The third kappa shape index (κ3) is 3.49. The molecular formula is C14H18O3. The van der Waals surface area contributed by atoms with E-state index in [1.54, 1.807) is 13.0 Å². The van der Waals surface area contributed by atoms with Crippen molar-refractivity contribution in [3.8, 4) is 0 Å². The molecule has 2 atom stereocenters. The van der Waals surface area contributed by atoms with Crippen LogP contribution in [0.4, 0.5) is 0 Å². The number of benzene rings is 1. The maximum atomic E-state index is 11.1. The topological polar surface area (TPSA) is 54.4 Å². The smallest absolute Gasteiger partial charge is 0.150 e. The number of rotatable bonds is 5. The monoisotopic (exact) mass is 234 g/mol. The number of hydrogen-bond donors (Lipinski definition) is 1. The van der Waals surface area contributed by atoms with Gasteiger partial charge in [0, 0.05) is 11.5 Å². The molecule has 0 spiro atoms. The second-order valence-corrected chi connectivity index (χ2v) is 4.48. The molecule has 0 aliphatic rings. The molecule has 1 rings (SSSR count). The van der Waals surface area contributed by atoms with Gasteiger partial charge in [-0.15, -0.1) is 0 Å². The molecule has 92 valence electrons. The number of aliphatic hydroxyl groups excluding tert-OH is 1. The van der Waals surface area contributed by atoms with E-state index < -0.39 is 6.10 Å². The van der Waals surface area contributed by atoms with E-state index in [0.717, 1.165) is 17.4 Å². The first kappa shape index (κ1) is 13.6. The van der Waals surface area contributed by atoms with E-state index in [1.807, 2.05) is 19.1 Å². The number of hydrogen-bond acceptors (Lipinski definition) is 3. The highest BCUT2D eigenvalue weighted by Crippen LogP contribution is 2.15. The van der Waals surface area contributed by atoms with Crippen molar-refractivity contribution in [2.45, 2.75) is 33.3 Å². The van der Waals surface area contributed by atoms with Crippen molar-refractivity contribution >= 4 is 12.1 Å². The zero-order chi connectivity index (χ0) is 13.0.